The van der Waals surface area contributed by atoms with Gasteiger partial charge in [0, 0.05) is 39.6 Å². The highest BCUT2D eigenvalue weighted by Gasteiger charge is 2.52. The molecule has 0 N–H and O–H groups in total. The first-order valence-electron chi connectivity index (χ1n) is 9.57. The summed E-state index contributed by atoms with van der Waals surface area (Å²) in [5, 5.41) is 0. The molecule has 2 unspecified atom stereocenters. The second-order valence-corrected chi connectivity index (χ2v) is 7.41. The van der Waals surface area contributed by atoms with E-state index in [2.05, 4.69) is 0 Å². The van der Waals surface area contributed by atoms with Gasteiger partial charge in [-0.05, 0) is 55.4 Å². The molecule has 0 fully saturated rings. The average Bonchev–Trinajstić information content (AvgIpc) is 2.56. The van der Waals surface area contributed by atoms with Gasteiger partial charge in [0.05, 0.1) is 0 Å². The Morgan fingerprint density at radius 1 is 0.560 bits per heavy atom. The third-order valence-electron chi connectivity index (χ3n) is 3.85. The van der Waals surface area contributed by atoms with E-state index in [-0.39, 0.29) is 12.2 Å². The van der Waals surface area contributed by atoms with Crippen LogP contribution in [0.15, 0.2) is 0 Å². The standard InChI is InChI=1S/C18H39O6Si/c1-9-19-15(7)17(21-11-3,22-12-4)25-18(23-13-5,24-14-6)16(8)20-10-2/h15-16,25H,9-14H2,1-8H3. The molecule has 25 heavy (non-hydrogen) atoms. The molecule has 6 nitrogen and oxygen atoms in total. The van der Waals surface area contributed by atoms with Crippen molar-refractivity contribution in [1.29, 1.82) is 0 Å². The fourth-order valence-electron chi connectivity index (χ4n) is 2.87. The second kappa shape index (κ2) is 13.2. The zero-order valence-corrected chi connectivity index (χ0v) is 18.6. The summed E-state index contributed by atoms with van der Waals surface area (Å²) >= 11 is 0. The van der Waals surface area contributed by atoms with Gasteiger partial charge in [-0.1, -0.05) is 0 Å². The molecule has 0 aliphatic heterocycles. The van der Waals surface area contributed by atoms with Crippen molar-refractivity contribution < 1.29 is 28.4 Å². The molecular formula is C18H39O6Si. The molecule has 0 aromatic carbocycles. The van der Waals surface area contributed by atoms with E-state index in [1.807, 2.05) is 55.4 Å². The van der Waals surface area contributed by atoms with Crippen molar-refractivity contribution in [3.63, 3.8) is 0 Å². The lowest BCUT2D eigenvalue weighted by atomic mass is 10.3. The van der Waals surface area contributed by atoms with Crippen LogP contribution < -0.4 is 0 Å². The summed E-state index contributed by atoms with van der Waals surface area (Å²) < 4.78 is 36.3. The first-order chi connectivity index (χ1) is 11.9. The van der Waals surface area contributed by atoms with Gasteiger partial charge in [0.2, 0.25) is 0 Å². The maximum absolute atomic E-state index is 6.14. The molecule has 1 radical (unpaired) electrons. The van der Waals surface area contributed by atoms with E-state index in [1.165, 1.54) is 0 Å². The Bertz CT molecular complexity index is 287. The van der Waals surface area contributed by atoms with Gasteiger partial charge in [-0.3, -0.25) is 0 Å². The number of hydrogen-bond acceptors (Lipinski definition) is 6. The Morgan fingerprint density at radius 3 is 1.04 bits per heavy atom. The molecule has 0 bridgehead atoms. The lowest BCUT2D eigenvalue weighted by molar-refractivity contribution is -0.267. The summed E-state index contributed by atoms with van der Waals surface area (Å²) in [4.78, 5) is 0. The van der Waals surface area contributed by atoms with Crippen molar-refractivity contribution >= 4 is 9.52 Å². The Balaban J connectivity index is 5.88. The van der Waals surface area contributed by atoms with Crippen molar-refractivity contribution in [2.24, 2.45) is 0 Å². The first-order valence-corrected chi connectivity index (χ1v) is 10.7. The smallest absolute Gasteiger partial charge is 0.189 e. The minimum absolute atomic E-state index is 0.249. The van der Waals surface area contributed by atoms with Crippen LogP contribution >= 0.6 is 0 Å². The van der Waals surface area contributed by atoms with E-state index in [9.17, 15) is 0 Å². The van der Waals surface area contributed by atoms with Gasteiger partial charge in [-0.15, -0.1) is 0 Å². The largest absolute Gasteiger partial charge is 0.374 e. The summed E-state index contributed by atoms with van der Waals surface area (Å²) in [6.45, 7) is 19.0. The van der Waals surface area contributed by atoms with E-state index < -0.39 is 20.3 Å². The highest BCUT2D eigenvalue weighted by molar-refractivity contribution is 6.43. The molecular weight excluding hydrogens is 340 g/mol. The molecule has 0 saturated carbocycles. The van der Waals surface area contributed by atoms with E-state index in [4.69, 9.17) is 28.4 Å². The van der Waals surface area contributed by atoms with Crippen LogP contribution in [0, 0.1) is 0 Å². The number of hydrogen-bond donors (Lipinski definition) is 0. The van der Waals surface area contributed by atoms with E-state index >= 15 is 0 Å². The quantitative estimate of drug-likeness (QED) is 0.304. The summed E-state index contributed by atoms with van der Waals surface area (Å²) in [6.07, 6.45) is -0.497. The van der Waals surface area contributed by atoms with Crippen LogP contribution in [0.4, 0.5) is 0 Å². The molecule has 0 heterocycles. The number of ether oxygens (including phenoxy) is 6. The van der Waals surface area contributed by atoms with Gasteiger partial charge >= 0.3 is 0 Å². The van der Waals surface area contributed by atoms with Crippen molar-refractivity contribution in [2.45, 2.75) is 78.4 Å². The number of rotatable bonds is 16. The van der Waals surface area contributed by atoms with E-state index in [0.29, 0.717) is 39.6 Å². The molecule has 2 atom stereocenters. The molecule has 0 aliphatic rings. The van der Waals surface area contributed by atoms with Gasteiger partial charge in [0.15, 0.2) is 20.3 Å². The van der Waals surface area contributed by atoms with Crippen molar-refractivity contribution in [2.75, 3.05) is 39.6 Å². The Morgan fingerprint density at radius 2 is 0.840 bits per heavy atom. The predicted octanol–water partition coefficient (Wildman–Crippen LogP) is 2.73. The van der Waals surface area contributed by atoms with Crippen molar-refractivity contribution in [1.82, 2.24) is 0 Å². The molecule has 0 aromatic rings. The molecule has 0 amide bonds. The molecule has 0 rings (SSSR count). The van der Waals surface area contributed by atoms with Crippen LogP contribution in [0.2, 0.25) is 0 Å². The van der Waals surface area contributed by atoms with Crippen LogP contribution in [0.3, 0.4) is 0 Å². The molecule has 0 aliphatic carbocycles. The average molecular weight is 380 g/mol. The van der Waals surface area contributed by atoms with Crippen molar-refractivity contribution in [3.05, 3.63) is 0 Å². The Hall–Kier alpha value is -0.0231. The SMILES string of the molecule is CCOC(C)C(OCC)(OCC)[SiH]C(OCC)(OCC)C(C)OCC. The van der Waals surface area contributed by atoms with Crippen LogP contribution in [0.5, 0.6) is 0 Å². The first kappa shape index (κ1) is 25.0. The molecule has 0 saturated heterocycles. The van der Waals surface area contributed by atoms with Gasteiger partial charge in [0.25, 0.3) is 0 Å². The highest BCUT2D eigenvalue weighted by Crippen LogP contribution is 2.30. The molecule has 0 spiro atoms. The van der Waals surface area contributed by atoms with Crippen LogP contribution in [-0.4, -0.2) is 72.2 Å². The Kier molecular flexibility index (Phi) is 13.2. The fourth-order valence-corrected chi connectivity index (χ4v) is 5.09. The van der Waals surface area contributed by atoms with Crippen LogP contribution in [0.25, 0.3) is 0 Å². The monoisotopic (exact) mass is 379 g/mol. The molecule has 7 heteroatoms. The summed E-state index contributed by atoms with van der Waals surface area (Å²) in [5.74, 6) is 0. The van der Waals surface area contributed by atoms with Gasteiger partial charge < -0.3 is 28.4 Å². The van der Waals surface area contributed by atoms with E-state index in [0.717, 1.165) is 0 Å². The summed E-state index contributed by atoms with van der Waals surface area (Å²) in [7, 11) is -0.635. The van der Waals surface area contributed by atoms with Crippen LogP contribution in [-0.2, 0) is 28.4 Å². The second-order valence-electron chi connectivity index (χ2n) is 5.51. The molecule has 0 aromatic heterocycles. The van der Waals surface area contributed by atoms with Gasteiger partial charge in [-0.25, -0.2) is 0 Å². The van der Waals surface area contributed by atoms with Crippen molar-refractivity contribution in [3.8, 4) is 0 Å². The zero-order valence-electron chi connectivity index (χ0n) is 17.4. The lowest BCUT2D eigenvalue weighted by Gasteiger charge is -2.46. The maximum Gasteiger partial charge on any atom is 0.189 e. The normalized spacial score (nSPS) is 15.4. The molecule has 151 valence electrons. The van der Waals surface area contributed by atoms with Crippen LogP contribution in [0.1, 0.15) is 55.4 Å². The summed E-state index contributed by atoms with van der Waals surface area (Å²) in [5.41, 5.74) is -1.79. The van der Waals surface area contributed by atoms with E-state index in [1.54, 1.807) is 0 Å². The fraction of sp³-hybridized carbons (Fsp3) is 1.00. The van der Waals surface area contributed by atoms with Gasteiger partial charge in [0.1, 0.15) is 12.2 Å². The highest BCUT2D eigenvalue weighted by atomic mass is 28.2. The third-order valence-corrected chi connectivity index (χ3v) is 6.26. The minimum atomic E-state index is -0.894. The third kappa shape index (κ3) is 7.25. The maximum atomic E-state index is 6.14. The zero-order chi connectivity index (χ0) is 19.3. The topological polar surface area (TPSA) is 55.4 Å². The minimum Gasteiger partial charge on any atom is -0.374 e. The Labute approximate surface area is 156 Å². The van der Waals surface area contributed by atoms with Gasteiger partial charge in [-0.2, -0.15) is 0 Å². The predicted molar refractivity (Wildman–Crippen MR) is 101 cm³/mol. The lowest BCUT2D eigenvalue weighted by Crippen LogP contribution is -2.65. The summed E-state index contributed by atoms with van der Waals surface area (Å²) in [6, 6.07) is 0.